The van der Waals surface area contributed by atoms with Crippen molar-refractivity contribution in [2.75, 3.05) is 6.54 Å². The van der Waals surface area contributed by atoms with Crippen LogP contribution in [0.4, 0.5) is 4.39 Å². The van der Waals surface area contributed by atoms with Gasteiger partial charge in [-0.25, -0.2) is 4.39 Å². The fourth-order valence-electron chi connectivity index (χ4n) is 2.18. The molecule has 0 bridgehead atoms. The summed E-state index contributed by atoms with van der Waals surface area (Å²) in [5.41, 5.74) is 2.01. The molecule has 0 saturated heterocycles. The Bertz CT molecular complexity index is 528. The van der Waals surface area contributed by atoms with Crippen molar-refractivity contribution in [3.05, 3.63) is 70.5 Å². The monoisotopic (exact) mass is 277 g/mol. The SMILES string of the molecule is CCNC(Cc1ccccc1)c1cccc(F)c1Cl. The Balaban J connectivity index is 2.27. The first kappa shape index (κ1) is 14.0. The first-order valence-corrected chi connectivity index (χ1v) is 6.81. The predicted molar refractivity (Wildman–Crippen MR) is 78.0 cm³/mol. The molecule has 0 spiro atoms. The molecule has 2 aromatic carbocycles. The van der Waals surface area contributed by atoms with Gasteiger partial charge in [0.1, 0.15) is 5.82 Å². The number of hydrogen-bond donors (Lipinski definition) is 1. The minimum absolute atomic E-state index is 0.0237. The number of rotatable bonds is 5. The number of halogens is 2. The number of likely N-dealkylation sites (N-methyl/N-ethyl adjacent to an activating group) is 1. The first-order valence-electron chi connectivity index (χ1n) is 6.43. The molecule has 0 heterocycles. The Morgan fingerprint density at radius 3 is 2.53 bits per heavy atom. The zero-order valence-electron chi connectivity index (χ0n) is 10.9. The summed E-state index contributed by atoms with van der Waals surface area (Å²) < 4.78 is 13.6. The third kappa shape index (κ3) is 3.55. The molecule has 0 aliphatic heterocycles. The Morgan fingerprint density at radius 1 is 1.11 bits per heavy atom. The molecule has 1 unspecified atom stereocenters. The summed E-state index contributed by atoms with van der Waals surface area (Å²) in [7, 11) is 0. The van der Waals surface area contributed by atoms with Gasteiger partial charge in [0.25, 0.3) is 0 Å². The van der Waals surface area contributed by atoms with E-state index in [2.05, 4.69) is 17.4 Å². The maximum absolute atomic E-state index is 13.6. The zero-order valence-corrected chi connectivity index (χ0v) is 11.6. The van der Waals surface area contributed by atoms with Gasteiger partial charge in [-0.15, -0.1) is 0 Å². The largest absolute Gasteiger partial charge is 0.310 e. The van der Waals surface area contributed by atoms with E-state index in [-0.39, 0.29) is 16.9 Å². The van der Waals surface area contributed by atoms with Crippen LogP contribution in [0.25, 0.3) is 0 Å². The Morgan fingerprint density at radius 2 is 1.84 bits per heavy atom. The summed E-state index contributed by atoms with van der Waals surface area (Å²) in [5, 5.41) is 3.58. The van der Waals surface area contributed by atoms with Crippen molar-refractivity contribution >= 4 is 11.6 Å². The summed E-state index contributed by atoms with van der Waals surface area (Å²) in [6, 6.07) is 15.1. The van der Waals surface area contributed by atoms with Gasteiger partial charge in [0.2, 0.25) is 0 Å². The van der Waals surface area contributed by atoms with Crippen LogP contribution in [0.5, 0.6) is 0 Å². The molecule has 0 saturated carbocycles. The van der Waals surface area contributed by atoms with Crippen LogP contribution in [0.1, 0.15) is 24.1 Å². The van der Waals surface area contributed by atoms with Crippen molar-refractivity contribution in [2.45, 2.75) is 19.4 Å². The molecule has 1 N–H and O–H groups in total. The van der Waals surface area contributed by atoms with Crippen LogP contribution in [0.15, 0.2) is 48.5 Å². The quantitative estimate of drug-likeness (QED) is 0.856. The summed E-state index contributed by atoms with van der Waals surface area (Å²) in [4.78, 5) is 0. The Hall–Kier alpha value is -1.38. The molecule has 2 aromatic rings. The van der Waals surface area contributed by atoms with Gasteiger partial charge in [-0.1, -0.05) is 61.0 Å². The molecule has 0 radical (unpaired) electrons. The van der Waals surface area contributed by atoms with Crippen molar-refractivity contribution in [3.63, 3.8) is 0 Å². The van der Waals surface area contributed by atoms with E-state index in [1.807, 2.05) is 31.2 Å². The highest BCUT2D eigenvalue weighted by atomic mass is 35.5. The zero-order chi connectivity index (χ0) is 13.7. The fourth-order valence-corrected chi connectivity index (χ4v) is 2.44. The van der Waals surface area contributed by atoms with E-state index in [0.717, 1.165) is 18.5 Å². The summed E-state index contributed by atoms with van der Waals surface area (Å²) >= 11 is 6.07. The average Bonchev–Trinajstić information content (AvgIpc) is 2.43. The second kappa shape index (κ2) is 6.69. The normalized spacial score (nSPS) is 12.4. The second-order valence-corrected chi connectivity index (χ2v) is 4.82. The van der Waals surface area contributed by atoms with Crippen LogP contribution >= 0.6 is 11.6 Å². The smallest absolute Gasteiger partial charge is 0.142 e. The molecule has 3 heteroatoms. The van der Waals surface area contributed by atoms with Crippen molar-refractivity contribution < 1.29 is 4.39 Å². The molecule has 0 aromatic heterocycles. The lowest BCUT2D eigenvalue weighted by atomic mass is 9.98. The highest BCUT2D eigenvalue weighted by Crippen LogP contribution is 2.27. The van der Waals surface area contributed by atoms with Crippen LogP contribution < -0.4 is 5.32 Å². The van der Waals surface area contributed by atoms with Gasteiger partial charge in [-0.3, -0.25) is 0 Å². The van der Waals surface area contributed by atoms with Crippen LogP contribution in [0.2, 0.25) is 5.02 Å². The van der Waals surface area contributed by atoms with E-state index >= 15 is 0 Å². The van der Waals surface area contributed by atoms with Crippen LogP contribution in [-0.4, -0.2) is 6.54 Å². The summed E-state index contributed by atoms with van der Waals surface area (Å²) in [6.45, 7) is 2.84. The predicted octanol–water partition coefficient (Wildman–Crippen LogP) is 4.37. The van der Waals surface area contributed by atoms with Gasteiger partial charge in [0, 0.05) is 6.04 Å². The average molecular weight is 278 g/mol. The maximum atomic E-state index is 13.6. The number of hydrogen-bond acceptors (Lipinski definition) is 1. The third-order valence-corrected chi connectivity index (χ3v) is 3.49. The lowest BCUT2D eigenvalue weighted by Crippen LogP contribution is -2.23. The van der Waals surface area contributed by atoms with Gasteiger partial charge in [0.15, 0.2) is 0 Å². The van der Waals surface area contributed by atoms with Crippen molar-refractivity contribution in [2.24, 2.45) is 0 Å². The van der Waals surface area contributed by atoms with Crippen LogP contribution in [0, 0.1) is 5.82 Å². The van der Waals surface area contributed by atoms with Gasteiger partial charge < -0.3 is 5.32 Å². The van der Waals surface area contributed by atoms with Crippen molar-refractivity contribution in [1.29, 1.82) is 0 Å². The molecule has 19 heavy (non-hydrogen) atoms. The Labute approximate surface area is 118 Å². The van der Waals surface area contributed by atoms with Crippen molar-refractivity contribution in [1.82, 2.24) is 5.32 Å². The van der Waals surface area contributed by atoms with E-state index in [9.17, 15) is 4.39 Å². The lowest BCUT2D eigenvalue weighted by Gasteiger charge is -2.20. The molecule has 0 amide bonds. The molecule has 2 rings (SSSR count). The van der Waals surface area contributed by atoms with E-state index in [4.69, 9.17) is 11.6 Å². The van der Waals surface area contributed by atoms with E-state index in [1.165, 1.54) is 11.6 Å². The third-order valence-electron chi connectivity index (χ3n) is 3.09. The number of benzene rings is 2. The summed E-state index contributed by atoms with van der Waals surface area (Å²) in [5.74, 6) is -0.366. The minimum Gasteiger partial charge on any atom is -0.310 e. The Kier molecular flexibility index (Phi) is 4.94. The van der Waals surface area contributed by atoms with E-state index in [1.54, 1.807) is 6.07 Å². The molecule has 0 aliphatic carbocycles. The first-order chi connectivity index (χ1) is 9.22. The summed E-state index contributed by atoms with van der Waals surface area (Å²) in [6.07, 6.45) is 0.790. The molecule has 1 atom stereocenters. The molecule has 1 nitrogen and oxygen atoms in total. The van der Waals surface area contributed by atoms with Crippen molar-refractivity contribution in [3.8, 4) is 0 Å². The van der Waals surface area contributed by atoms with Crippen LogP contribution in [-0.2, 0) is 6.42 Å². The highest BCUT2D eigenvalue weighted by Gasteiger charge is 2.16. The van der Waals surface area contributed by atoms with Gasteiger partial charge in [-0.05, 0) is 30.2 Å². The standard InChI is InChI=1S/C16H17ClFN/c1-2-19-15(11-12-7-4-3-5-8-12)13-9-6-10-14(18)16(13)17/h3-10,15,19H,2,11H2,1H3. The lowest BCUT2D eigenvalue weighted by molar-refractivity contribution is 0.543. The highest BCUT2D eigenvalue weighted by molar-refractivity contribution is 6.31. The molecule has 0 fully saturated rings. The van der Waals surface area contributed by atoms with Gasteiger partial charge >= 0.3 is 0 Å². The van der Waals surface area contributed by atoms with Gasteiger partial charge in [-0.2, -0.15) is 0 Å². The topological polar surface area (TPSA) is 12.0 Å². The van der Waals surface area contributed by atoms with Crippen LogP contribution in [0.3, 0.4) is 0 Å². The molecular weight excluding hydrogens is 261 g/mol. The molecular formula is C16H17ClFN. The van der Waals surface area contributed by atoms with E-state index in [0.29, 0.717) is 0 Å². The molecule has 100 valence electrons. The van der Waals surface area contributed by atoms with Gasteiger partial charge in [0.05, 0.1) is 5.02 Å². The number of nitrogens with one attached hydrogen (secondary N) is 1. The molecule has 0 aliphatic rings. The second-order valence-electron chi connectivity index (χ2n) is 4.44. The maximum Gasteiger partial charge on any atom is 0.142 e. The minimum atomic E-state index is -0.366. The van der Waals surface area contributed by atoms with E-state index < -0.39 is 0 Å². The fraction of sp³-hybridized carbons (Fsp3) is 0.250.